The number of hydrogen-bond acceptors (Lipinski definition) is 5. The molecule has 4 rings (SSSR count). The maximum Gasteiger partial charge on any atom is 0.339 e. The highest BCUT2D eigenvalue weighted by Crippen LogP contribution is 2.28. The molecule has 3 heterocycles. The molecule has 0 spiro atoms. The summed E-state index contributed by atoms with van der Waals surface area (Å²) < 4.78 is 19.9. The van der Waals surface area contributed by atoms with Crippen molar-refractivity contribution in [1.29, 1.82) is 0 Å². The van der Waals surface area contributed by atoms with Crippen LogP contribution < -0.4 is 0 Å². The van der Waals surface area contributed by atoms with Gasteiger partial charge in [-0.1, -0.05) is 0 Å². The van der Waals surface area contributed by atoms with Crippen molar-refractivity contribution in [1.82, 2.24) is 19.7 Å². The molecule has 0 aliphatic heterocycles. The van der Waals surface area contributed by atoms with Crippen molar-refractivity contribution in [2.75, 3.05) is 0 Å². The van der Waals surface area contributed by atoms with Crippen LogP contribution in [0.3, 0.4) is 0 Å². The topological polar surface area (TPSA) is 94.0 Å². The predicted octanol–water partition coefficient (Wildman–Crippen LogP) is 3.74. The van der Waals surface area contributed by atoms with E-state index in [9.17, 15) is 14.3 Å². The Kier molecular flexibility index (Phi) is 4.00. The summed E-state index contributed by atoms with van der Waals surface area (Å²) in [6.45, 7) is 1.83. The standard InChI is InChI=1S/C19H13FN4O3/c1-11-9-21-19(23-16(11)12-4-6-13(20)7-5-12)24-17(15-3-2-8-27-15)14(10-22-24)18(25)26/h2-10H,1H3,(H,25,26). The zero-order chi connectivity index (χ0) is 19.0. The first kappa shape index (κ1) is 16.6. The van der Waals surface area contributed by atoms with E-state index in [1.807, 2.05) is 6.92 Å². The molecule has 0 fully saturated rings. The van der Waals surface area contributed by atoms with Gasteiger partial charge in [0.05, 0.1) is 18.2 Å². The maximum absolute atomic E-state index is 13.2. The second-order valence-corrected chi connectivity index (χ2v) is 5.81. The summed E-state index contributed by atoms with van der Waals surface area (Å²) in [4.78, 5) is 20.4. The van der Waals surface area contributed by atoms with Gasteiger partial charge in [-0.3, -0.25) is 0 Å². The van der Waals surface area contributed by atoms with Crippen LogP contribution >= 0.6 is 0 Å². The first-order chi connectivity index (χ1) is 13.0. The van der Waals surface area contributed by atoms with Gasteiger partial charge in [-0.05, 0) is 48.9 Å². The number of hydrogen-bond donors (Lipinski definition) is 1. The Hall–Kier alpha value is -3.81. The van der Waals surface area contributed by atoms with E-state index >= 15 is 0 Å². The molecule has 0 aliphatic rings. The molecule has 27 heavy (non-hydrogen) atoms. The third-order valence-electron chi connectivity index (χ3n) is 4.02. The van der Waals surface area contributed by atoms with Crippen LogP contribution in [-0.4, -0.2) is 30.8 Å². The number of nitrogens with zero attached hydrogens (tertiary/aromatic N) is 4. The van der Waals surface area contributed by atoms with Gasteiger partial charge in [0.15, 0.2) is 5.76 Å². The van der Waals surface area contributed by atoms with Crippen LogP contribution in [0.4, 0.5) is 4.39 Å². The molecule has 7 nitrogen and oxygen atoms in total. The number of aromatic carboxylic acids is 1. The van der Waals surface area contributed by atoms with Crippen LogP contribution in [-0.2, 0) is 0 Å². The molecule has 0 aliphatic carbocycles. The fraction of sp³-hybridized carbons (Fsp3) is 0.0526. The summed E-state index contributed by atoms with van der Waals surface area (Å²) in [6, 6.07) is 9.22. The molecule has 3 aromatic heterocycles. The Morgan fingerprint density at radius 1 is 1.19 bits per heavy atom. The Morgan fingerprint density at radius 2 is 1.96 bits per heavy atom. The van der Waals surface area contributed by atoms with Crippen molar-refractivity contribution < 1.29 is 18.7 Å². The lowest BCUT2D eigenvalue weighted by Gasteiger charge is -2.09. The summed E-state index contributed by atoms with van der Waals surface area (Å²) in [7, 11) is 0. The highest BCUT2D eigenvalue weighted by Gasteiger charge is 2.23. The molecule has 1 N–H and O–H groups in total. The summed E-state index contributed by atoms with van der Waals surface area (Å²) in [5, 5.41) is 13.6. The van der Waals surface area contributed by atoms with Crippen molar-refractivity contribution >= 4 is 5.97 Å². The number of carbonyl (C=O) groups is 1. The number of furan rings is 1. The van der Waals surface area contributed by atoms with Crippen LogP contribution in [0.25, 0.3) is 28.7 Å². The number of rotatable bonds is 4. The Bertz CT molecular complexity index is 1120. The number of aromatic nitrogens is 4. The molecule has 0 amide bonds. The molecule has 0 unspecified atom stereocenters. The van der Waals surface area contributed by atoms with E-state index in [4.69, 9.17) is 4.42 Å². The second kappa shape index (κ2) is 6.49. The Morgan fingerprint density at radius 3 is 2.63 bits per heavy atom. The SMILES string of the molecule is Cc1cnc(-n2ncc(C(=O)O)c2-c2ccco2)nc1-c1ccc(F)cc1. The lowest BCUT2D eigenvalue weighted by atomic mass is 10.1. The van der Waals surface area contributed by atoms with E-state index in [1.165, 1.54) is 29.3 Å². The third kappa shape index (κ3) is 2.97. The van der Waals surface area contributed by atoms with E-state index < -0.39 is 5.97 Å². The second-order valence-electron chi connectivity index (χ2n) is 5.81. The zero-order valence-corrected chi connectivity index (χ0v) is 14.1. The highest BCUT2D eigenvalue weighted by atomic mass is 19.1. The predicted molar refractivity (Wildman–Crippen MR) is 93.9 cm³/mol. The molecular formula is C19H13FN4O3. The average Bonchev–Trinajstić information content (AvgIpc) is 3.32. The molecule has 134 valence electrons. The van der Waals surface area contributed by atoms with Gasteiger partial charge in [0.1, 0.15) is 17.1 Å². The fourth-order valence-corrected chi connectivity index (χ4v) is 2.74. The molecule has 0 radical (unpaired) electrons. The van der Waals surface area contributed by atoms with Gasteiger partial charge >= 0.3 is 5.97 Å². The average molecular weight is 364 g/mol. The Balaban J connectivity index is 1.89. The van der Waals surface area contributed by atoms with Gasteiger partial charge in [0.2, 0.25) is 0 Å². The smallest absolute Gasteiger partial charge is 0.339 e. The molecule has 0 bridgehead atoms. The minimum absolute atomic E-state index is 0.0301. The summed E-state index contributed by atoms with van der Waals surface area (Å²) in [5.74, 6) is -0.973. The summed E-state index contributed by atoms with van der Waals surface area (Å²) in [5.41, 5.74) is 2.30. The van der Waals surface area contributed by atoms with Gasteiger partial charge in [0, 0.05) is 11.8 Å². The lowest BCUT2D eigenvalue weighted by molar-refractivity contribution is 0.0697. The summed E-state index contributed by atoms with van der Waals surface area (Å²) >= 11 is 0. The van der Waals surface area contributed by atoms with Crippen LogP contribution in [0.1, 0.15) is 15.9 Å². The van der Waals surface area contributed by atoms with Gasteiger partial charge in [-0.15, -0.1) is 0 Å². The number of carboxylic acids is 1. The van der Waals surface area contributed by atoms with Gasteiger partial charge in [-0.25, -0.2) is 19.2 Å². The van der Waals surface area contributed by atoms with E-state index in [0.29, 0.717) is 17.0 Å². The first-order valence-electron chi connectivity index (χ1n) is 8.00. The zero-order valence-electron chi connectivity index (χ0n) is 14.1. The molecule has 8 heteroatoms. The number of halogens is 1. The molecule has 4 aromatic rings. The number of carboxylic acid groups (broad SMARTS) is 1. The molecule has 1 aromatic carbocycles. The number of aryl methyl sites for hydroxylation is 1. The molecule has 0 atom stereocenters. The monoisotopic (exact) mass is 364 g/mol. The van der Waals surface area contributed by atoms with E-state index in [-0.39, 0.29) is 23.0 Å². The van der Waals surface area contributed by atoms with E-state index in [0.717, 1.165) is 5.56 Å². The van der Waals surface area contributed by atoms with Gasteiger partial charge < -0.3 is 9.52 Å². The van der Waals surface area contributed by atoms with Crippen LogP contribution in [0.5, 0.6) is 0 Å². The maximum atomic E-state index is 13.2. The Labute approximate surface area is 152 Å². The summed E-state index contributed by atoms with van der Waals surface area (Å²) in [6.07, 6.45) is 4.27. The molecule has 0 saturated heterocycles. The van der Waals surface area contributed by atoms with Gasteiger partial charge in [0.25, 0.3) is 5.95 Å². The van der Waals surface area contributed by atoms with Crippen LogP contribution in [0.15, 0.2) is 59.5 Å². The molecular weight excluding hydrogens is 351 g/mol. The highest BCUT2D eigenvalue weighted by molar-refractivity contribution is 5.94. The quantitative estimate of drug-likeness (QED) is 0.593. The van der Waals surface area contributed by atoms with Crippen LogP contribution in [0, 0.1) is 12.7 Å². The first-order valence-corrected chi connectivity index (χ1v) is 8.00. The molecule has 0 saturated carbocycles. The van der Waals surface area contributed by atoms with Gasteiger partial charge in [-0.2, -0.15) is 9.78 Å². The van der Waals surface area contributed by atoms with Crippen molar-refractivity contribution in [3.63, 3.8) is 0 Å². The van der Waals surface area contributed by atoms with Crippen molar-refractivity contribution in [2.45, 2.75) is 6.92 Å². The minimum Gasteiger partial charge on any atom is -0.478 e. The lowest BCUT2D eigenvalue weighted by Crippen LogP contribution is -2.07. The number of benzene rings is 1. The van der Waals surface area contributed by atoms with Crippen molar-refractivity contribution in [3.8, 4) is 28.7 Å². The van der Waals surface area contributed by atoms with E-state index in [2.05, 4.69) is 15.1 Å². The minimum atomic E-state index is -1.14. The normalized spacial score (nSPS) is 10.9. The van der Waals surface area contributed by atoms with Crippen molar-refractivity contribution in [3.05, 3.63) is 72.0 Å². The largest absolute Gasteiger partial charge is 0.478 e. The van der Waals surface area contributed by atoms with E-state index in [1.54, 1.807) is 30.5 Å². The third-order valence-corrected chi connectivity index (χ3v) is 4.02. The van der Waals surface area contributed by atoms with Crippen LogP contribution in [0.2, 0.25) is 0 Å². The fourth-order valence-electron chi connectivity index (χ4n) is 2.74. The van der Waals surface area contributed by atoms with Crippen molar-refractivity contribution in [2.24, 2.45) is 0 Å².